The Labute approximate surface area is 185 Å². The smallest absolute Gasteiger partial charge is 0.237 e. The molecule has 0 aliphatic heterocycles. The molecular weight excluding hydrogens is 406 g/mol. The van der Waals surface area contributed by atoms with Crippen LogP contribution < -0.4 is 5.32 Å². The van der Waals surface area contributed by atoms with Crippen molar-refractivity contribution in [2.45, 2.75) is 30.3 Å². The van der Waals surface area contributed by atoms with Gasteiger partial charge in [-0.3, -0.25) is 9.78 Å². The van der Waals surface area contributed by atoms with Gasteiger partial charge in [-0.25, -0.2) is 0 Å². The Hall–Kier alpha value is -3.45. The molecule has 0 radical (unpaired) electrons. The van der Waals surface area contributed by atoms with Crippen LogP contribution in [0.3, 0.4) is 0 Å². The highest BCUT2D eigenvalue weighted by Crippen LogP contribution is 2.27. The van der Waals surface area contributed by atoms with Gasteiger partial charge < -0.3 is 9.88 Å². The van der Waals surface area contributed by atoms with E-state index in [0.717, 1.165) is 23.5 Å². The molecule has 0 saturated carbocycles. The normalized spacial score (nSPS) is 11.8. The topological polar surface area (TPSA) is 72.7 Å². The van der Waals surface area contributed by atoms with Crippen molar-refractivity contribution in [1.29, 1.82) is 0 Å². The molecule has 0 spiro atoms. The minimum Gasteiger partial charge on any atom is -0.325 e. The van der Waals surface area contributed by atoms with E-state index in [-0.39, 0.29) is 11.2 Å². The first-order chi connectivity index (χ1) is 15.2. The minimum absolute atomic E-state index is 0.0725. The summed E-state index contributed by atoms with van der Waals surface area (Å²) in [6.07, 6.45) is 4.35. The summed E-state index contributed by atoms with van der Waals surface area (Å²) < 4.78 is 2.07. The van der Waals surface area contributed by atoms with Crippen LogP contribution in [0.25, 0.3) is 11.4 Å². The molecule has 1 unspecified atom stereocenters. The number of amides is 1. The average molecular weight is 430 g/mol. The molecule has 0 aliphatic rings. The molecule has 6 nitrogen and oxygen atoms in total. The van der Waals surface area contributed by atoms with Crippen LogP contribution in [-0.2, 0) is 17.8 Å². The zero-order chi connectivity index (χ0) is 21.5. The van der Waals surface area contributed by atoms with Crippen LogP contribution in [0.2, 0.25) is 0 Å². The van der Waals surface area contributed by atoms with Gasteiger partial charge in [-0.2, -0.15) is 0 Å². The maximum absolute atomic E-state index is 12.7. The number of thioether (sulfide) groups is 1. The second kappa shape index (κ2) is 10.0. The first-order valence-electron chi connectivity index (χ1n) is 10.1. The summed E-state index contributed by atoms with van der Waals surface area (Å²) >= 11 is 1.41. The van der Waals surface area contributed by atoms with Gasteiger partial charge in [-0.05, 0) is 43.2 Å². The molecule has 4 rings (SSSR count). The molecular formula is C24H23N5OS. The predicted octanol–water partition coefficient (Wildman–Crippen LogP) is 4.70. The van der Waals surface area contributed by atoms with Crippen LogP contribution >= 0.6 is 11.8 Å². The number of benzene rings is 2. The van der Waals surface area contributed by atoms with Crippen LogP contribution in [-0.4, -0.2) is 30.9 Å². The van der Waals surface area contributed by atoms with Gasteiger partial charge in [0, 0.05) is 30.2 Å². The van der Waals surface area contributed by atoms with Crippen molar-refractivity contribution >= 4 is 23.4 Å². The molecule has 0 bridgehead atoms. The van der Waals surface area contributed by atoms with Gasteiger partial charge in [-0.15, -0.1) is 10.2 Å². The number of para-hydroxylation sites is 1. The Balaban J connectivity index is 1.54. The third-order valence-electron chi connectivity index (χ3n) is 4.80. The molecule has 0 saturated heterocycles. The zero-order valence-corrected chi connectivity index (χ0v) is 18.0. The third-order valence-corrected chi connectivity index (χ3v) is 5.88. The first kappa shape index (κ1) is 20.8. The lowest BCUT2D eigenvalue weighted by Gasteiger charge is -2.14. The maximum atomic E-state index is 12.7. The van der Waals surface area contributed by atoms with E-state index >= 15 is 0 Å². The van der Waals surface area contributed by atoms with Gasteiger partial charge in [0.05, 0.1) is 5.25 Å². The van der Waals surface area contributed by atoms with E-state index in [1.165, 1.54) is 17.3 Å². The highest BCUT2D eigenvalue weighted by Gasteiger charge is 2.21. The summed E-state index contributed by atoms with van der Waals surface area (Å²) in [5.41, 5.74) is 2.91. The number of carbonyl (C=O) groups is 1. The Morgan fingerprint density at radius 3 is 2.45 bits per heavy atom. The molecule has 0 aliphatic carbocycles. The number of aryl methyl sites for hydroxylation is 1. The SMILES string of the molecule is CC(Sc1nnc(-c2cccnc2)n1CCc1ccccc1)C(=O)Nc1ccccc1. The quantitative estimate of drug-likeness (QED) is 0.411. The van der Waals surface area contributed by atoms with E-state index < -0.39 is 0 Å². The van der Waals surface area contributed by atoms with Gasteiger partial charge in [0.1, 0.15) is 0 Å². The first-order valence-corrected chi connectivity index (χ1v) is 11.0. The Morgan fingerprint density at radius 1 is 1.00 bits per heavy atom. The van der Waals surface area contributed by atoms with E-state index in [1.807, 2.05) is 67.6 Å². The summed E-state index contributed by atoms with van der Waals surface area (Å²) in [6, 6.07) is 23.6. The van der Waals surface area contributed by atoms with Crippen molar-refractivity contribution in [2.75, 3.05) is 5.32 Å². The summed E-state index contributed by atoms with van der Waals surface area (Å²) in [7, 11) is 0. The minimum atomic E-state index is -0.332. The van der Waals surface area contributed by atoms with Crippen molar-refractivity contribution in [1.82, 2.24) is 19.7 Å². The number of hydrogen-bond donors (Lipinski definition) is 1. The van der Waals surface area contributed by atoms with Crippen LogP contribution in [0, 0.1) is 0 Å². The fraction of sp³-hybridized carbons (Fsp3) is 0.167. The fourth-order valence-corrected chi connectivity index (χ4v) is 4.02. The molecule has 156 valence electrons. The molecule has 1 N–H and O–H groups in total. The lowest BCUT2D eigenvalue weighted by Crippen LogP contribution is -2.23. The third kappa shape index (κ3) is 5.38. The molecule has 1 atom stereocenters. The molecule has 2 aromatic carbocycles. The van der Waals surface area contributed by atoms with Gasteiger partial charge in [0.2, 0.25) is 5.91 Å². The number of pyridine rings is 1. The van der Waals surface area contributed by atoms with Crippen molar-refractivity contribution in [3.05, 3.63) is 90.8 Å². The second-order valence-electron chi connectivity index (χ2n) is 7.05. The number of aromatic nitrogens is 4. The highest BCUT2D eigenvalue weighted by molar-refractivity contribution is 8.00. The summed E-state index contributed by atoms with van der Waals surface area (Å²) in [6.45, 7) is 2.58. The van der Waals surface area contributed by atoms with Crippen molar-refractivity contribution in [3.63, 3.8) is 0 Å². The van der Waals surface area contributed by atoms with Crippen LogP contribution in [0.5, 0.6) is 0 Å². The lowest BCUT2D eigenvalue weighted by molar-refractivity contribution is -0.115. The van der Waals surface area contributed by atoms with Crippen LogP contribution in [0.1, 0.15) is 12.5 Å². The number of nitrogens with zero attached hydrogens (tertiary/aromatic N) is 4. The number of carbonyl (C=O) groups excluding carboxylic acids is 1. The largest absolute Gasteiger partial charge is 0.325 e. The molecule has 31 heavy (non-hydrogen) atoms. The molecule has 0 fully saturated rings. The van der Waals surface area contributed by atoms with Crippen LogP contribution in [0.4, 0.5) is 5.69 Å². The van der Waals surface area contributed by atoms with Gasteiger partial charge in [-0.1, -0.05) is 60.3 Å². The van der Waals surface area contributed by atoms with E-state index in [2.05, 4.69) is 37.2 Å². The standard InChI is InChI=1S/C24H23N5OS/c1-18(23(30)26-21-12-6-3-7-13-21)31-24-28-27-22(20-11-8-15-25-17-20)29(24)16-14-19-9-4-2-5-10-19/h2-13,15,17-18H,14,16H2,1H3,(H,26,30). The highest BCUT2D eigenvalue weighted by atomic mass is 32.2. The summed E-state index contributed by atoms with van der Waals surface area (Å²) in [5.74, 6) is 0.680. The monoisotopic (exact) mass is 429 g/mol. The number of rotatable bonds is 8. The number of hydrogen-bond acceptors (Lipinski definition) is 5. The Bertz CT molecular complexity index is 1120. The van der Waals surface area contributed by atoms with Crippen LogP contribution in [0.15, 0.2) is 90.3 Å². The van der Waals surface area contributed by atoms with Gasteiger partial charge in [0.15, 0.2) is 11.0 Å². The molecule has 2 aromatic heterocycles. The van der Waals surface area contributed by atoms with Crippen molar-refractivity contribution in [3.8, 4) is 11.4 Å². The Morgan fingerprint density at radius 2 is 1.74 bits per heavy atom. The maximum Gasteiger partial charge on any atom is 0.237 e. The van der Waals surface area contributed by atoms with E-state index in [9.17, 15) is 4.79 Å². The van der Waals surface area contributed by atoms with Crippen molar-refractivity contribution < 1.29 is 4.79 Å². The average Bonchev–Trinajstić information content (AvgIpc) is 3.22. The van der Waals surface area contributed by atoms with Crippen molar-refractivity contribution in [2.24, 2.45) is 0 Å². The van der Waals surface area contributed by atoms with Gasteiger partial charge >= 0.3 is 0 Å². The summed E-state index contributed by atoms with van der Waals surface area (Å²) in [5, 5.41) is 12.1. The molecule has 7 heteroatoms. The second-order valence-corrected chi connectivity index (χ2v) is 8.36. The Kier molecular flexibility index (Phi) is 6.74. The summed E-state index contributed by atoms with van der Waals surface area (Å²) in [4.78, 5) is 16.9. The molecule has 2 heterocycles. The zero-order valence-electron chi connectivity index (χ0n) is 17.2. The number of nitrogens with one attached hydrogen (secondary N) is 1. The van der Waals surface area contributed by atoms with E-state index in [4.69, 9.17) is 0 Å². The number of anilines is 1. The molecule has 4 aromatic rings. The fourth-order valence-electron chi connectivity index (χ4n) is 3.15. The van der Waals surface area contributed by atoms with E-state index in [0.29, 0.717) is 11.7 Å². The van der Waals surface area contributed by atoms with Gasteiger partial charge in [0.25, 0.3) is 0 Å². The molecule has 1 amide bonds. The van der Waals surface area contributed by atoms with E-state index in [1.54, 1.807) is 12.4 Å². The lowest BCUT2D eigenvalue weighted by atomic mass is 10.1. The predicted molar refractivity (Wildman–Crippen MR) is 124 cm³/mol.